The third kappa shape index (κ3) is 2.79. The molecule has 2 unspecified atom stereocenters. The summed E-state index contributed by atoms with van der Waals surface area (Å²) in [5.41, 5.74) is 0. The van der Waals surface area contributed by atoms with Crippen LogP contribution in [-0.4, -0.2) is 30.7 Å². The van der Waals surface area contributed by atoms with Gasteiger partial charge in [-0.25, -0.2) is 0 Å². The van der Waals surface area contributed by atoms with Gasteiger partial charge in [-0.1, -0.05) is 0 Å². The predicted molar refractivity (Wildman–Crippen MR) is 37.2 cm³/mol. The van der Waals surface area contributed by atoms with Crippen molar-refractivity contribution in [1.29, 1.82) is 0 Å². The topological polar surface area (TPSA) is 133 Å². The van der Waals surface area contributed by atoms with E-state index in [1.54, 1.807) is 0 Å². The van der Waals surface area contributed by atoms with E-state index < -0.39 is 40.8 Å². The molecule has 0 bridgehead atoms. The molecule has 0 aliphatic rings. The Balaban J connectivity index is 5.16. The Kier molecular flexibility index (Phi) is 4.22. The molecule has 0 aromatic heterocycles. The van der Waals surface area contributed by atoms with Gasteiger partial charge >= 0.3 is 87.1 Å². The van der Waals surface area contributed by atoms with Crippen molar-refractivity contribution in [2.75, 3.05) is 0 Å². The molecule has 0 heterocycles. The van der Waals surface area contributed by atoms with E-state index in [9.17, 15) is 23.8 Å². The third-order valence-corrected chi connectivity index (χ3v) is 9.09. The molecule has 0 aromatic rings. The third-order valence-electron chi connectivity index (χ3n) is 0.977. The summed E-state index contributed by atoms with van der Waals surface area (Å²) in [6, 6.07) is 0. The molecule has 13 heavy (non-hydrogen) atoms. The average Bonchev–Trinajstić information content (AvgIpc) is 1.84. The van der Waals surface area contributed by atoms with Crippen LogP contribution in [0.2, 0.25) is 0 Å². The Morgan fingerprint density at radius 3 is 2.08 bits per heavy atom. The zero-order valence-corrected chi connectivity index (χ0v) is 10.7. The van der Waals surface area contributed by atoms with Crippen molar-refractivity contribution >= 4 is 37.7 Å². The second kappa shape index (κ2) is 4.02. The van der Waals surface area contributed by atoms with Gasteiger partial charge in [-0.3, -0.25) is 0 Å². The summed E-state index contributed by atoms with van der Waals surface area (Å²) in [4.78, 5) is 31.5. The maximum atomic E-state index is 10.8. The van der Waals surface area contributed by atoms with Crippen molar-refractivity contribution in [3.8, 4) is 0 Å². The van der Waals surface area contributed by atoms with E-state index in [4.69, 9.17) is 5.11 Å². The summed E-state index contributed by atoms with van der Waals surface area (Å²) in [5.74, 6) is 0. The number of hydrogen-bond acceptors (Lipinski definition) is 7. The van der Waals surface area contributed by atoms with E-state index in [2.05, 4.69) is 11.1 Å². The summed E-state index contributed by atoms with van der Waals surface area (Å²) >= 11 is -0.405. The first-order chi connectivity index (χ1) is 5.56. The SMILES string of the molecule is C=COP(=O)([O-])[C](O)([Sn+3])P(=O)([O-])[O-]. The van der Waals surface area contributed by atoms with Gasteiger partial charge < -0.3 is 0 Å². The van der Waals surface area contributed by atoms with Crippen molar-refractivity contribution in [1.82, 2.24) is 0 Å². The van der Waals surface area contributed by atoms with Gasteiger partial charge in [-0.15, -0.1) is 0 Å². The van der Waals surface area contributed by atoms with Gasteiger partial charge in [0.25, 0.3) is 0 Å². The van der Waals surface area contributed by atoms with E-state index in [1.807, 2.05) is 0 Å². The first-order valence-corrected chi connectivity index (χ1v) is 7.17. The second-order valence-corrected chi connectivity index (χ2v) is 10.2. The predicted octanol–water partition coefficient (Wildman–Crippen LogP) is -2.61. The van der Waals surface area contributed by atoms with Gasteiger partial charge in [-0.2, -0.15) is 0 Å². The molecule has 0 aliphatic heterocycles. The van der Waals surface area contributed by atoms with Crippen LogP contribution in [0.4, 0.5) is 0 Å². The fourth-order valence-electron chi connectivity index (χ4n) is 0.322. The fourth-order valence-corrected chi connectivity index (χ4v) is 2.46. The Hall–Kier alpha value is 0.639. The summed E-state index contributed by atoms with van der Waals surface area (Å²) in [7, 11) is -10.9. The molecule has 0 radical (unpaired) electrons. The summed E-state index contributed by atoms with van der Waals surface area (Å²) in [6.45, 7) is 2.85. The van der Waals surface area contributed by atoms with Crippen LogP contribution in [0.1, 0.15) is 0 Å². The molecule has 0 spiro atoms. The molecule has 0 saturated heterocycles. The minimum atomic E-state index is -5.67. The molecule has 72 valence electrons. The van der Waals surface area contributed by atoms with Gasteiger partial charge in [-0.05, 0) is 0 Å². The molecular weight excluding hydrogens is 329 g/mol. The van der Waals surface area contributed by atoms with Gasteiger partial charge in [0, 0.05) is 0 Å². The molecule has 7 nitrogen and oxygen atoms in total. The Morgan fingerprint density at radius 2 is 1.85 bits per heavy atom. The molecule has 1 N–H and O–H groups in total. The average molecular weight is 333 g/mol. The van der Waals surface area contributed by atoms with Crippen LogP contribution in [0.25, 0.3) is 0 Å². The Morgan fingerprint density at radius 1 is 1.46 bits per heavy atom. The van der Waals surface area contributed by atoms with Gasteiger partial charge in [0.2, 0.25) is 0 Å². The van der Waals surface area contributed by atoms with Crippen molar-refractivity contribution in [2.45, 2.75) is 3.10 Å². The minimum absolute atomic E-state index is 0.405. The number of aliphatic hydroxyl groups is 1. The van der Waals surface area contributed by atoms with Crippen LogP contribution >= 0.6 is 15.2 Å². The number of hydrogen-bond donors (Lipinski definition) is 1. The summed E-state index contributed by atoms with van der Waals surface area (Å²) < 4.78 is 21.6. The van der Waals surface area contributed by atoms with E-state index in [0.29, 0.717) is 6.26 Å². The second-order valence-electron chi connectivity index (χ2n) is 1.90. The Bertz CT molecular complexity index is 292. The van der Waals surface area contributed by atoms with E-state index in [-0.39, 0.29) is 0 Å². The fraction of sp³-hybridized carbons (Fsp3) is 0.333. The van der Waals surface area contributed by atoms with E-state index in [0.717, 1.165) is 0 Å². The standard InChI is InChI=1S/C3H7O7P2.Sn/c1-2-10-12(8,9)3(4)11(5,6)7;/h2,4H,1H2,(H,8,9)(H2,5,6,7);/q;+3/p-3. The van der Waals surface area contributed by atoms with Gasteiger partial charge in [0.1, 0.15) is 0 Å². The molecular formula is C3H4O7P2Sn. The molecule has 0 amide bonds. The zero-order chi connectivity index (χ0) is 10.9. The normalized spacial score (nSPS) is 21.4. The van der Waals surface area contributed by atoms with Crippen molar-refractivity contribution in [2.24, 2.45) is 0 Å². The van der Waals surface area contributed by atoms with Gasteiger partial charge in [0.05, 0.1) is 0 Å². The monoisotopic (exact) mass is 334 g/mol. The van der Waals surface area contributed by atoms with Gasteiger partial charge in [0.15, 0.2) is 0 Å². The Labute approximate surface area is 87.2 Å². The van der Waals surface area contributed by atoms with Crippen LogP contribution in [-0.2, 0) is 13.7 Å². The maximum absolute atomic E-state index is 10.8. The van der Waals surface area contributed by atoms with Crippen molar-refractivity contribution in [3.05, 3.63) is 12.8 Å². The first kappa shape index (κ1) is 13.6. The number of rotatable bonds is 4. The molecule has 0 fully saturated rings. The van der Waals surface area contributed by atoms with E-state index >= 15 is 0 Å². The van der Waals surface area contributed by atoms with Crippen LogP contribution < -0.4 is 14.7 Å². The van der Waals surface area contributed by atoms with Crippen LogP contribution in [0.5, 0.6) is 0 Å². The van der Waals surface area contributed by atoms with Crippen LogP contribution in [0.3, 0.4) is 0 Å². The molecule has 0 rings (SSSR count). The first-order valence-electron chi connectivity index (χ1n) is 2.66. The molecule has 0 aromatic carbocycles. The molecule has 0 aliphatic carbocycles. The molecule has 2 atom stereocenters. The quantitative estimate of drug-likeness (QED) is 0.338. The molecule has 0 saturated carbocycles. The summed E-state index contributed by atoms with van der Waals surface area (Å²) in [5, 5.41) is 8.91. The van der Waals surface area contributed by atoms with Crippen LogP contribution in [0.15, 0.2) is 12.8 Å². The summed E-state index contributed by atoms with van der Waals surface area (Å²) in [6.07, 6.45) is 0.415. The molecule has 10 heteroatoms. The van der Waals surface area contributed by atoms with Crippen LogP contribution in [0, 0.1) is 0 Å². The zero-order valence-electron chi connectivity index (χ0n) is 6.08. The van der Waals surface area contributed by atoms with E-state index in [1.165, 1.54) is 0 Å². The van der Waals surface area contributed by atoms with Crippen molar-refractivity contribution < 1.29 is 33.4 Å². The van der Waals surface area contributed by atoms with Crippen molar-refractivity contribution in [3.63, 3.8) is 0 Å².